The smallest absolute Gasteiger partial charge is 0.124 e. The van der Waals surface area contributed by atoms with Crippen molar-refractivity contribution in [2.24, 2.45) is 0 Å². The van der Waals surface area contributed by atoms with Crippen LogP contribution in [0.25, 0.3) is 0 Å². The van der Waals surface area contributed by atoms with Crippen LogP contribution in [0.3, 0.4) is 0 Å². The summed E-state index contributed by atoms with van der Waals surface area (Å²) >= 11 is 3.44. The predicted molar refractivity (Wildman–Crippen MR) is 74.4 cm³/mol. The zero-order valence-corrected chi connectivity index (χ0v) is 11.2. The van der Waals surface area contributed by atoms with Crippen molar-refractivity contribution in [2.45, 2.75) is 6.42 Å². The molecule has 3 heteroatoms. The Labute approximate surface area is 110 Å². The number of nitrogens with two attached hydrogens (primary N) is 1. The van der Waals surface area contributed by atoms with Crippen molar-refractivity contribution in [1.82, 2.24) is 0 Å². The second-order valence-corrected chi connectivity index (χ2v) is 4.70. The Balaban J connectivity index is 2.35. The fraction of sp³-hybridized carbons (Fsp3) is 0.143. The molecule has 88 valence electrons. The van der Waals surface area contributed by atoms with Crippen molar-refractivity contribution in [2.75, 3.05) is 12.8 Å². The maximum absolute atomic E-state index is 5.83. The molecule has 0 aliphatic heterocycles. The Hall–Kier alpha value is -1.48. The molecular weight excluding hydrogens is 278 g/mol. The van der Waals surface area contributed by atoms with Crippen LogP contribution in [-0.2, 0) is 6.42 Å². The summed E-state index contributed by atoms with van der Waals surface area (Å²) in [5.74, 6) is 0.828. The molecule has 2 rings (SSSR count). The minimum Gasteiger partial charge on any atom is -0.496 e. The van der Waals surface area contributed by atoms with Crippen molar-refractivity contribution < 1.29 is 4.74 Å². The Bertz CT molecular complexity index is 511. The van der Waals surface area contributed by atoms with Crippen LogP contribution < -0.4 is 10.5 Å². The number of benzene rings is 2. The van der Waals surface area contributed by atoms with Gasteiger partial charge in [-0.15, -0.1) is 0 Å². The predicted octanol–water partition coefficient (Wildman–Crippen LogP) is 3.63. The van der Waals surface area contributed by atoms with Crippen molar-refractivity contribution >= 4 is 21.6 Å². The van der Waals surface area contributed by atoms with E-state index >= 15 is 0 Å². The van der Waals surface area contributed by atoms with Crippen LogP contribution in [-0.4, -0.2) is 7.11 Å². The Morgan fingerprint density at radius 2 is 1.88 bits per heavy atom. The van der Waals surface area contributed by atoms with Gasteiger partial charge in [0, 0.05) is 22.6 Å². The molecule has 0 fully saturated rings. The van der Waals surface area contributed by atoms with E-state index in [-0.39, 0.29) is 0 Å². The summed E-state index contributed by atoms with van der Waals surface area (Å²) in [5, 5.41) is 0. The van der Waals surface area contributed by atoms with Crippen LogP contribution >= 0.6 is 15.9 Å². The average molecular weight is 292 g/mol. The number of ether oxygens (including phenoxy) is 1. The number of anilines is 1. The summed E-state index contributed by atoms with van der Waals surface area (Å²) in [6.07, 6.45) is 0.836. The zero-order valence-electron chi connectivity index (χ0n) is 9.61. The van der Waals surface area contributed by atoms with Gasteiger partial charge in [0.15, 0.2) is 0 Å². The minimum absolute atomic E-state index is 0.693. The first-order chi connectivity index (χ1) is 8.20. The van der Waals surface area contributed by atoms with E-state index in [1.165, 1.54) is 5.56 Å². The summed E-state index contributed by atoms with van der Waals surface area (Å²) in [6, 6.07) is 14.2. The summed E-state index contributed by atoms with van der Waals surface area (Å²) in [7, 11) is 1.66. The molecule has 0 atom stereocenters. The van der Waals surface area contributed by atoms with Crippen LogP contribution in [0.1, 0.15) is 11.1 Å². The van der Waals surface area contributed by atoms with Crippen LogP contribution in [0.5, 0.6) is 5.75 Å². The van der Waals surface area contributed by atoms with E-state index in [0.29, 0.717) is 5.69 Å². The highest BCUT2D eigenvalue weighted by atomic mass is 79.9. The van der Waals surface area contributed by atoms with Crippen LogP contribution in [0, 0.1) is 0 Å². The number of halogens is 1. The van der Waals surface area contributed by atoms with Crippen molar-refractivity contribution in [3.8, 4) is 5.75 Å². The molecule has 17 heavy (non-hydrogen) atoms. The third-order valence-corrected chi connectivity index (χ3v) is 3.32. The molecule has 2 N–H and O–H groups in total. The summed E-state index contributed by atoms with van der Waals surface area (Å²) < 4.78 is 6.26. The summed E-state index contributed by atoms with van der Waals surface area (Å²) in [4.78, 5) is 0. The lowest BCUT2D eigenvalue weighted by molar-refractivity contribution is 0.410. The summed E-state index contributed by atoms with van der Waals surface area (Å²) in [6.45, 7) is 0. The second kappa shape index (κ2) is 5.23. The highest BCUT2D eigenvalue weighted by Gasteiger charge is 2.07. The molecule has 0 aromatic heterocycles. The highest BCUT2D eigenvalue weighted by molar-refractivity contribution is 9.10. The molecule has 2 nitrogen and oxygen atoms in total. The van der Waals surface area contributed by atoms with Crippen molar-refractivity contribution in [1.29, 1.82) is 0 Å². The van der Waals surface area contributed by atoms with E-state index in [9.17, 15) is 0 Å². The molecule has 0 bridgehead atoms. The van der Waals surface area contributed by atoms with Gasteiger partial charge in [0.2, 0.25) is 0 Å². The molecule has 0 radical (unpaired) electrons. The van der Waals surface area contributed by atoms with Gasteiger partial charge >= 0.3 is 0 Å². The van der Waals surface area contributed by atoms with Gasteiger partial charge < -0.3 is 10.5 Å². The third-order valence-electron chi connectivity index (χ3n) is 2.64. The number of rotatable bonds is 3. The van der Waals surface area contributed by atoms with Gasteiger partial charge in [-0.25, -0.2) is 0 Å². The molecule has 0 saturated carbocycles. The molecule has 0 spiro atoms. The Morgan fingerprint density at radius 1 is 1.18 bits per heavy atom. The lowest BCUT2D eigenvalue weighted by atomic mass is 10.0. The lowest BCUT2D eigenvalue weighted by Gasteiger charge is -2.11. The quantitative estimate of drug-likeness (QED) is 0.877. The average Bonchev–Trinajstić information content (AvgIpc) is 2.35. The van der Waals surface area contributed by atoms with E-state index in [0.717, 1.165) is 22.2 Å². The monoisotopic (exact) mass is 291 g/mol. The normalized spacial score (nSPS) is 10.2. The van der Waals surface area contributed by atoms with Gasteiger partial charge in [0.25, 0.3) is 0 Å². The minimum atomic E-state index is 0.693. The molecule has 0 aliphatic carbocycles. The fourth-order valence-electron chi connectivity index (χ4n) is 1.75. The molecule has 2 aromatic rings. The Kier molecular flexibility index (Phi) is 3.69. The second-order valence-electron chi connectivity index (χ2n) is 3.85. The third kappa shape index (κ3) is 2.80. The molecule has 0 unspecified atom stereocenters. The van der Waals surface area contributed by atoms with E-state index in [1.54, 1.807) is 7.11 Å². The first kappa shape index (κ1) is 12.0. The van der Waals surface area contributed by atoms with Gasteiger partial charge in [0.1, 0.15) is 5.75 Å². The van der Waals surface area contributed by atoms with Crippen LogP contribution in [0.4, 0.5) is 5.69 Å². The van der Waals surface area contributed by atoms with Gasteiger partial charge in [-0.3, -0.25) is 0 Å². The van der Waals surface area contributed by atoms with Gasteiger partial charge in [0.05, 0.1) is 7.11 Å². The number of nitrogen functional groups attached to an aromatic ring is 1. The van der Waals surface area contributed by atoms with Crippen LogP contribution in [0.2, 0.25) is 0 Å². The maximum atomic E-state index is 5.83. The molecular formula is C14H14BrNO. The van der Waals surface area contributed by atoms with E-state index in [1.807, 2.05) is 30.3 Å². The first-order valence-electron chi connectivity index (χ1n) is 5.36. The van der Waals surface area contributed by atoms with E-state index < -0.39 is 0 Å². The molecule has 0 heterocycles. The number of hydrogen-bond donors (Lipinski definition) is 1. The SMILES string of the molecule is COc1cc(N)c(Br)cc1Cc1ccccc1. The molecule has 2 aromatic carbocycles. The molecule has 0 saturated heterocycles. The first-order valence-corrected chi connectivity index (χ1v) is 6.16. The van der Waals surface area contributed by atoms with Crippen molar-refractivity contribution in [3.05, 3.63) is 58.1 Å². The van der Waals surface area contributed by atoms with Crippen molar-refractivity contribution in [3.63, 3.8) is 0 Å². The number of hydrogen-bond acceptors (Lipinski definition) is 2. The fourth-order valence-corrected chi connectivity index (χ4v) is 2.15. The molecule has 0 amide bonds. The highest BCUT2D eigenvalue weighted by Crippen LogP contribution is 2.30. The van der Waals surface area contributed by atoms with E-state index in [4.69, 9.17) is 10.5 Å². The van der Waals surface area contributed by atoms with E-state index in [2.05, 4.69) is 28.1 Å². The lowest BCUT2D eigenvalue weighted by Crippen LogP contribution is -1.97. The topological polar surface area (TPSA) is 35.2 Å². The van der Waals surface area contributed by atoms with Gasteiger partial charge in [-0.2, -0.15) is 0 Å². The maximum Gasteiger partial charge on any atom is 0.124 e. The zero-order chi connectivity index (χ0) is 12.3. The van der Waals surface area contributed by atoms with Crippen LogP contribution in [0.15, 0.2) is 46.9 Å². The van der Waals surface area contributed by atoms with Gasteiger partial charge in [-0.1, -0.05) is 30.3 Å². The van der Waals surface area contributed by atoms with Gasteiger partial charge in [-0.05, 0) is 33.1 Å². The Morgan fingerprint density at radius 3 is 2.53 bits per heavy atom. The molecule has 0 aliphatic rings. The largest absolute Gasteiger partial charge is 0.496 e. The standard InChI is InChI=1S/C14H14BrNO/c1-17-14-9-13(16)12(15)8-11(14)7-10-5-3-2-4-6-10/h2-6,8-9H,7,16H2,1H3. The number of methoxy groups -OCH3 is 1. The summed E-state index contributed by atoms with van der Waals surface area (Å²) in [5.41, 5.74) is 8.90.